The van der Waals surface area contributed by atoms with Crippen LogP contribution in [0.25, 0.3) is 0 Å². The summed E-state index contributed by atoms with van der Waals surface area (Å²) in [5, 5.41) is 11.6. The first-order valence-electron chi connectivity index (χ1n) is 5.01. The summed E-state index contributed by atoms with van der Waals surface area (Å²) in [6.07, 6.45) is 0. The van der Waals surface area contributed by atoms with E-state index in [0.29, 0.717) is 4.88 Å². The van der Waals surface area contributed by atoms with E-state index >= 15 is 0 Å². The van der Waals surface area contributed by atoms with E-state index in [-0.39, 0.29) is 5.91 Å². The molecule has 6 heteroatoms. The second kappa shape index (κ2) is 5.18. The SMILES string of the molecule is CC(C)(C)C(NC(=O)c1ccc(Br)s1)C(=O)O. The molecule has 2 N–H and O–H groups in total. The van der Waals surface area contributed by atoms with E-state index < -0.39 is 17.4 Å². The molecule has 0 aromatic carbocycles. The normalized spacial score (nSPS) is 13.2. The van der Waals surface area contributed by atoms with Crippen LogP contribution < -0.4 is 5.32 Å². The van der Waals surface area contributed by atoms with Crippen molar-refractivity contribution in [2.45, 2.75) is 26.8 Å². The smallest absolute Gasteiger partial charge is 0.326 e. The van der Waals surface area contributed by atoms with Crippen LogP contribution in [-0.4, -0.2) is 23.0 Å². The van der Waals surface area contributed by atoms with Crippen LogP contribution in [0.1, 0.15) is 30.4 Å². The Morgan fingerprint density at radius 1 is 1.41 bits per heavy atom. The summed E-state index contributed by atoms with van der Waals surface area (Å²) in [4.78, 5) is 23.4. The molecule has 0 saturated carbocycles. The van der Waals surface area contributed by atoms with Gasteiger partial charge in [0.25, 0.3) is 5.91 Å². The minimum Gasteiger partial charge on any atom is -0.480 e. The van der Waals surface area contributed by atoms with Crippen LogP contribution in [0.3, 0.4) is 0 Å². The average Bonchev–Trinajstić information content (AvgIpc) is 2.58. The first-order chi connectivity index (χ1) is 7.71. The molecule has 0 aliphatic heterocycles. The summed E-state index contributed by atoms with van der Waals surface area (Å²) in [5.74, 6) is -1.38. The molecular formula is C11H14BrNO3S. The summed E-state index contributed by atoms with van der Waals surface area (Å²) in [6.45, 7) is 5.32. The Bertz CT molecular complexity index is 436. The van der Waals surface area contributed by atoms with Crippen LogP contribution >= 0.6 is 27.3 Å². The summed E-state index contributed by atoms with van der Waals surface area (Å²) in [6, 6.07) is 2.51. The van der Waals surface area contributed by atoms with Gasteiger partial charge in [0, 0.05) is 0 Å². The molecule has 0 aliphatic rings. The molecule has 1 unspecified atom stereocenters. The topological polar surface area (TPSA) is 66.4 Å². The molecule has 4 nitrogen and oxygen atoms in total. The Kier molecular flexibility index (Phi) is 4.32. The molecule has 94 valence electrons. The van der Waals surface area contributed by atoms with Crippen molar-refractivity contribution in [3.05, 3.63) is 20.8 Å². The number of carboxylic acids is 1. The number of carbonyl (C=O) groups is 2. The van der Waals surface area contributed by atoms with Gasteiger partial charge in [0.2, 0.25) is 0 Å². The van der Waals surface area contributed by atoms with E-state index in [1.807, 2.05) is 0 Å². The van der Waals surface area contributed by atoms with Crippen molar-refractivity contribution in [3.63, 3.8) is 0 Å². The second-order valence-electron chi connectivity index (χ2n) is 4.71. The molecule has 0 bridgehead atoms. The highest BCUT2D eigenvalue weighted by Gasteiger charge is 2.32. The molecule has 1 atom stereocenters. The van der Waals surface area contributed by atoms with E-state index in [1.165, 1.54) is 11.3 Å². The highest BCUT2D eigenvalue weighted by atomic mass is 79.9. The molecule has 0 radical (unpaired) electrons. The molecule has 17 heavy (non-hydrogen) atoms. The zero-order valence-electron chi connectivity index (χ0n) is 9.78. The first-order valence-corrected chi connectivity index (χ1v) is 6.62. The van der Waals surface area contributed by atoms with E-state index in [2.05, 4.69) is 21.2 Å². The lowest BCUT2D eigenvalue weighted by molar-refractivity contribution is -0.142. The van der Waals surface area contributed by atoms with Crippen LogP contribution in [0.15, 0.2) is 15.9 Å². The molecule has 1 aromatic rings. The lowest BCUT2D eigenvalue weighted by Crippen LogP contribution is -2.48. The van der Waals surface area contributed by atoms with Crippen molar-refractivity contribution in [2.75, 3.05) is 0 Å². The van der Waals surface area contributed by atoms with E-state index in [4.69, 9.17) is 5.11 Å². The number of hydrogen-bond acceptors (Lipinski definition) is 3. The molecule has 1 heterocycles. The summed E-state index contributed by atoms with van der Waals surface area (Å²) in [7, 11) is 0. The van der Waals surface area contributed by atoms with Crippen LogP contribution in [0.4, 0.5) is 0 Å². The van der Waals surface area contributed by atoms with Gasteiger partial charge in [-0.15, -0.1) is 11.3 Å². The lowest BCUT2D eigenvalue weighted by atomic mass is 9.87. The molecule has 0 fully saturated rings. The minimum absolute atomic E-state index is 0.358. The number of carboxylic acid groups (broad SMARTS) is 1. The molecule has 1 rings (SSSR count). The molecular weight excluding hydrogens is 306 g/mol. The fourth-order valence-corrected chi connectivity index (χ4v) is 2.58. The number of thiophene rings is 1. The number of halogens is 1. The number of hydrogen-bond donors (Lipinski definition) is 2. The maximum absolute atomic E-state index is 11.8. The third-order valence-electron chi connectivity index (χ3n) is 2.19. The third-order valence-corrected chi connectivity index (χ3v) is 3.81. The fourth-order valence-electron chi connectivity index (χ4n) is 1.29. The number of amides is 1. The van der Waals surface area contributed by atoms with Gasteiger partial charge in [-0.25, -0.2) is 4.79 Å². The van der Waals surface area contributed by atoms with Gasteiger partial charge < -0.3 is 10.4 Å². The van der Waals surface area contributed by atoms with E-state index in [0.717, 1.165) is 3.79 Å². The average molecular weight is 320 g/mol. The predicted octanol–water partition coefficient (Wildman–Crippen LogP) is 2.74. The Labute approximate surface area is 112 Å². The van der Waals surface area contributed by atoms with Crippen molar-refractivity contribution in [3.8, 4) is 0 Å². The van der Waals surface area contributed by atoms with Crippen molar-refractivity contribution in [2.24, 2.45) is 5.41 Å². The molecule has 1 amide bonds. The van der Waals surface area contributed by atoms with E-state index in [9.17, 15) is 9.59 Å². The molecule has 0 spiro atoms. The predicted molar refractivity (Wildman–Crippen MR) is 70.4 cm³/mol. The quantitative estimate of drug-likeness (QED) is 0.900. The van der Waals surface area contributed by atoms with Crippen LogP contribution in [0.2, 0.25) is 0 Å². The second-order valence-corrected chi connectivity index (χ2v) is 7.18. The first kappa shape index (κ1) is 14.2. The number of carbonyl (C=O) groups excluding carboxylic acids is 1. The van der Waals surface area contributed by atoms with Gasteiger partial charge in [-0.05, 0) is 33.5 Å². The number of rotatable bonds is 3. The van der Waals surface area contributed by atoms with Gasteiger partial charge in [0.15, 0.2) is 0 Å². The Hall–Kier alpha value is -0.880. The molecule has 0 aliphatic carbocycles. The minimum atomic E-state index is -1.03. The van der Waals surface area contributed by atoms with Crippen molar-refractivity contribution >= 4 is 39.1 Å². The Morgan fingerprint density at radius 3 is 2.35 bits per heavy atom. The maximum atomic E-state index is 11.8. The van der Waals surface area contributed by atoms with E-state index in [1.54, 1.807) is 32.9 Å². The van der Waals surface area contributed by atoms with Crippen molar-refractivity contribution in [1.82, 2.24) is 5.32 Å². The van der Waals surface area contributed by atoms with Gasteiger partial charge in [0.05, 0.1) is 8.66 Å². The Morgan fingerprint density at radius 2 is 2.00 bits per heavy atom. The van der Waals surface area contributed by atoms with Gasteiger partial charge in [-0.1, -0.05) is 20.8 Å². The third kappa shape index (κ3) is 3.81. The zero-order valence-corrected chi connectivity index (χ0v) is 12.2. The summed E-state index contributed by atoms with van der Waals surface area (Å²) >= 11 is 4.53. The van der Waals surface area contributed by atoms with Crippen LogP contribution in [-0.2, 0) is 4.79 Å². The van der Waals surface area contributed by atoms with Crippen LogP contribution in [0, 0.1) is 5.41 Å². The van der Waals surface area contributed by atoms with Gasteiger partial charge in [0.1, 0.15) is 6.04 Å². The molecule has 0 saturated heterocycles. The number of aliphatic carboxylic acids is 1. The highest BCUT2D eigenvalue weighted by molar-refractivity contribution is 9.11. The lowest BCUT2D eigenvalue weighted by Gasteiger charge is -2.27. The monoisotopic (exact) mass is 319 g/mol. The van der Waals surface area contributed by atoms with Gasteiger partial charge >= 0.3 is 5.97 Å². The highest BCUT2D eigenvalue weighted by Crippen LogP contribution is 2.24. The largest absolute Gasteiger partial charge is 0.480 e. The summed E-state index contributed by atoms with van der Waals surface area (Å²) in [5.41, 5.74) is -0.532. The van der Waals surface area contributed by atoms with Gasteiger partial charge in [-0.2, -0.15) is 0 Å². The standard InChI is InChI=1S/C11H14BrNO3S/c1-11(2,3)8(10(15)16)13-9(14)6-4-5-7(12)17-6/h4-5,8H,1-3H3,(H,13,14)(H,15,16). The van der Waals surface area contributed by atoms with Crippen molar-refractivity contribution < 1.29 is 14.7 Å². The molecule has 1 aromatic heterocycles. The van der Waals surface area contributed by atoms with Gasteiger partial charge in [-0.3, -0.25) is 4.79 Å². The summed E-state index contributed by atoms with van der Waals surface area (Å²) < 4.78 is 0.838. The zero-order chi connectivity index (χ0) is 13.2. The fraction of sp³-hybridized carbons (Fsp3) is 0.455. The Balaban J connectivity index is 2.82. The maximum Gasteiger partial charge on any atom is 0.326 e. The van der Waals surface area contributed by atoms with Crippen molar-refractivity contribution in [1.29, 1.82) is 0 Å². The van der Waals surface area contributed by atoms with Crippen LogP contribution in [0.5, 0.6) is 0 Å². The number of nitrogens with one attached hydrogen (secondary N) is 1.